The summed E-state index contributed by atoms with van der Waals surface area (Å²) in [6, 6.07) is -0.284. The predicted molar refractivity (Wildman–Crippen MR) is 53.4 cm³/mol. The van der Waals surface area contributed by atoms with Gasteiger partial charge in [0.1, 0.15) is 0 Å². The van der Waals surface area contributed by atoms with Gasteiger partial charge < -0.3 is 0 Å². The van der Waals surface area contributed by atoms with Gasteiger partial charge in [-0.2, -0.15) is 8.42 Å². The number of carbonyl (C=O) groups is 1. The van der Waals surface area contributed by atoms with Crippen LogP contribution < -0.4 is 0 Å². The van der Waals surface area contributed by atoms with Crippen molar-refractivity contribution in [2.75, 3.05) is 0 Å². The summed E-state index contributed by atoms with van der Waals surface area (Å²) in [5.41, 5.74) is 0. The molecule has 1 aliphatic heterocycles. The second-order valence-electron chi connectivity index (χ2n) is 4.34. The van der Waals surface area contributed by atoms with Gasteiger partial charge in [0.25, 0.3) is 0 Å². The number of carbonyl (C=O) groups excluding carboxylic acids is 1. The van der Waals surface area contributed by atoms with Crippen LogP contribution in [0.4, 0.5) is 0 Å². The Labute approximate surface area is 89.3 Å². The number of nitrogens with zero attached hydrogens (tertiary/aromatic N) is 1. The van der Waals surface area contributed by atoms with Crippen LogP contribution in [-0.2, 0) is 15.1 Å². The Bertz CT molecular complexity index is 358. The Morgan fingerprint density at radius 1 is 1.20 bits per heavy atom. The standard InChI is InChI=1S/C9H15NO4S/c11-9-6-8(10(9)15(12,13)14)7-4-2-1-3-5-7/h7-8H,1-6H2,(H,12,13,14). The highest BCUT2D eigenvalue weighted by Crippen LogP contribution is 2.36. The van der Waals surface area contributed by atoms with Gasteiger partial charge in [-0.15, -0.1) is 0 Å². The van der Waals surface area contributed by atoms with E-state index in [-0.39, 0.29) is 18.4 Å². The highest BCUT2D eigenvalue weighted by atomic mass is 32.2. The minimum Gasteiger partial charge on any atom is -0.274 e. The summed E-state index contributed by atoms with van der Waals surface area (Å²) in [6.07, 6.45) is 5.56. The molecule has 15 heavy (non-hydrogen) atoms. The molecule has 1 saturated carbocycles. The Balaban J connectivity index is 2.08. The molecule has 6 heteroatoms. The van der Waals surface area contributed by atoms with E-state index < -0.39 is 16.2 Å². The van der Waals surface area contributed by atoms with Crippen LogP contribution in [0, 0.1) is 5.92 Å². The zero-order valence-corrected chi connectivity index (χ0v) is 9.24. The predicted octanol–water partition coefficient (Wildman–Crippen LogP) is 0.970. The van der Waals surface area contributed by atoms with Crippen molar-refractivity contribution in [2.45, 2.75) is 44.6 Å². The van der Waals surface area contributed by atoms with Crippen LogP contribution in [0.15, 0.2) is 0 Å². The van der Waals surface area contributed by atoms with Crippen molar-refractivity contribution in [2.24, 2.45) is 5.92 Å². The molecule has 0 aromatic heterocycles. The van der Waals surface area contributed by atoms with Crippen LogP contribution >= 0.6 is 0 Å². The lowest BCUT2D eigenvalue weighted by atomic mass is 9.80. The van der Waals surface area contributed by atoms with Gasteiger partial charge in [-0.1, -0.05) is 19.3 Å². The second-order valence-corrected chi connectivity index (χ2v) is 5.63. The first-order chi connectivity index (χ1) is 7.00. The maximum Gasteiger partial charge on any atom is 0.362 e. The van der Waals surface area contributed by atoms with Gasteiger partial charge in [-0.05, 0) is 18.8 Å². The molecule has 1 atom stereocenters. The Morgan fingerprint density at radius 2 is 1.80 bits per heavy atom. The minimum absolute atomic E-state index is 0.248. The van der Waals surface area contributed by atoms with Crippen molar-refractivity contribution in [3.63, 3.8) is 0 Å². The van der Waals surface area contributed by atoms with E-state index in [1.807, 2.05) is 0 Å². The molecule has 1 N–H and O–H groups in total. The van der Waals surface area contributed by atoms with Crippen molar-refractivity contribution in [1.29, 1.82) is 0 Å². The summed E-state index contributed by atoms with van der Waals surface area (Å²) >= 11 is 0. The first-order valence-corrected chi connectivity index (χ1v) is 6.69. The third-order valence-corrected chi connectivity index (χ3v) is 4.34. The molecule has 2 fully saturated rings. The van der Waals surface area contributed by atoms with E-state index >= 15 is 0 Å². The van der Waals surface area contributed by atoms with E-state index in [1.54, 1.807) is 0 Å². The van der Waals surface area contributed by atoms with Gasteiger partial charge in [-0.25, -0.2) is 4.31 Å². The van der Waals surface area contributed by atoms with Crippen molar-refractivity contribution in [3.05, 3.63) is 0 Å². The average molecular weight is 233 g/mol. The molecule has 0 aromatic rings. The average Bonchev–Trinajstić information content (AvgIpc) is 2.12. The molecule has 0 bridgehead atoms. The van der Waals surface area contributed by atoms with Gasteiger partial charge in [-0.3, -0.25) is 9.35 Å². The van der Waals surface area contributed by atoms with E-state index in [4.69, 9.17) is 4.55 Å². The summed E-state index contributed by atoms with van der Waals surface area (Å²) in [5.74, 6) is -0.230. The molecular formula is C9H15NO4S. The first-order valence-electron chi connectivity index (χ1n) is 5.30. The number of rotatable bonds is 2. The SMILES string of the molecule is O=C1CC(C2CCCCC2)N1S(=O)(=O)O. The molecule has 0 radical (unpaired) electrons. The zero-order valence-electron chi connectivity index (χ0n) is 8.42. The van der Waals surface area contributed by atoms with Gasteiger partial charge >= 0.3 is 10.3 Å². The fourth-order valence-electron chi connectivity index (χ4n) is 2.60. The number of amides is 1. The molecule has 2 rings (SSSR count). The molecule has 2 aliphatic rings. The fourth-order valence-corrected chi connectivity index (χ4v) is 3.52. The molecule has 1 saturated heterocycles. The van der Waals surface area contributed by atoms with Gasteiger partial charge in [0.05, 0.1) is 6.04 Å². The van der Waals surface area contributed by atoms with Crippen molar-refractivity contribution in [3.8, 4) is 0 Å². The molecule has 86 valence electrons. The van der Waals surface area contributed by atoms with E-state index in [9.17, 15) is 13.2 Å². The van der Waals surface area contributed by atoms with E-state index in [2.05, 4.69) is 0 Å². The third-order valence-electron chi connectivity index (χ3n) is 3.37. The van der Waals surface area contributed by atoms with Gasteiger partial charge in [0, 0.05) is 6.42 Å². The monoisotopic (exact) mass is 233 g/mol. The maximum absolute atomic E-state index is 11.1. The molecule has 1 unspecified atom stereocenters. The lowest BCUT2D eigenvalue weighted by Gasteiger charge is -2.43. The van der Waals surface area contributed by atoms with Crippen molar-refractivity contribution in [1.82, 2.24) is 4.31 Å². The van der Waals surface area contributed by atoms with E-state index in [0.717, 1.165) is 25.7 Å². The van der Waals surface area contributed by atoms with Gasteiger partial charge in [0.2, 0.25) is 5.91 Å². The number of hydrogen-bond acceptors (Lipinski definition) is 3. The normalized spacial score (nSPS) is 29.0. The van der Waals surface area contributed by atoms with Crippen molar-refractivity contribution >= 4 is 16.2 Å². The summed E-state index contributed by atoms with van der Waals surface area (Å²) in [7, 11) is -4.33. The third kappa shape index (κ3) is 2.01. The summed E-state index contributed by atoms with van der Waals surface area (Å²) in [4.78, 5) is 11.1. The van der Waals surface area contributed by atoms with Crippen LogP contribution in [0.25, 0.3) is 0 Å². The van der Waals surface area contributed by atoms with E-state index in [0.29, 0.717) is 4.31 Å². The number of hydrogen-bond donors (Lipinski definition) is 1. The highest BCUT2D eigenvalue weighted by Gasteiger charge is 2.47. The molecule has 0 spiro atoms. The summed E-state index contributed by atoms with van der Waals surface area (Å²) in [5, 5.41) is 0. The zero-order chi connectivity index (χ0) is 11.1. The topological polar surface area (TPSA) is 74.7 Å². The fraction of sp³-hybridized carbons (Fsp3) is 0.889. The molecular weight excluding hydrogens is 218 g/mol. The first kappa shape index (κ1) is 10.9. The lowest BCUT2D eigenvalue weighted by Crippen LogP contribution is -2.58. The molecule has 5 nitrogen and oxygen atoms in total. The van der Waals surface area contributed by atoms with Gasteiger partial charge in [0.15, 0.2) is 0 Å². The largest absolute Gasteiger partial charge is 0.362 e. The van der Waals surface area contributed by atoms with Crippen LogP contribution in [0.5, 0.6) is 0 Å². The van der Waals surface area contributed by atoms with Crippen LogP contribution in [0.1, 0.15) is 38.5 Å². The summed E-state index contributed by atoms with van der Waals surface area (Å²) in [6.45, 7) is 0. The number of β-lactam (4-membered cyclic amide) rings is 1. The minimum atomic E-state index is -4.33. The van der Waals surface area contributed by atoms with Crippen LogP contribution in [0.3, 0.4) is 0 Å². The molecule has 1 amide bonds. The molecule has 1 heterocycles. The molecule has 0 aromatic carbocycles. The maximum atomic E-state index is 11.1. The Hall–Kier alpha value is -0.620. The second kappa shape index (κ2) is 3.75. The summed E-state index contributed by atoms with van der Waals surface area (Å²) < 4.78 is 31.4. The lowest BCUT2D eigenvalue weighted by molar-refractivity contribution is -0.140. The Morgan fingerprint density at radius 3 is 2.27 bits per heavy atom. The van der Waals surface area contributed by atoms with E-state index in [1.165, 1.54) is 6.42 Å². The van der Waals surface area contributed by atoms with Crippen LogP contribution in [-0.4, -0.2) is 29.2 Å². The quantitative estimate of drug-likeness (QED) is 0.569. The highest BCUT2D eigenvalue weighted by molar-refractivity contribution is 7.84. The smallest absolute Gasteiger partial charge is 0.274 e. The Kier molecular flexibility index (Phi) is 2.72. The van der Waals surface area contributed by atoms with Crippen LogP contribution in [0.2, 0.25) is 0 Å². The van der Waals surface area contributed by atoms with Crippen molar-refractivity contribution < 1.29 is 17.8 Å². The molecule has 1 aliphatic carbocycles.